The monoisotopic (exact) mass is 206 g/mol. The summed E-state index contributed by atoms with van der Waals surface area (Å²) in [7, 11) is 0. The van der Waals surface area contributed by atoms with Gasteiger partial charge in [-0.15, -0.1) is 0 Å². The minimum Gasteiger partial charge on any atom is -0.454 e. The van der Waals surface area contributed by atoms with Gasteiger partial charge in [0.15, 0.2) is 12.9 Å². The molecule has 1 rings (SSSR count). The van der Waals surface area contributed by atoms with Gasteiger partial charge >= 0.3 is 12.2 Å². The van der Waals surface area contributed by atoms with Gasteiger partial charge in [0.25, 0.3) is 0 Å². The molecule has 0 N–H and O–H groups in total. The third-order valence-corrected chi connectivity index (χ3v) is 1.15. The fourth-order valence-electron chi connectivity index (χ4n) is 0.608. The molecule has 1 heterocycles. The molecule has 0 atom stereocenters. The summed E-state index contributed by atoms with van der Waals surface area (Å²) in [4.78, 5) is 16.9. The molecule has 14 heavy (non-hydrogen) atoms. The first-order valence-electron chi connectivity index (χ1n) is 3.48. The maximum Gasteiger partial charge on any atom is 0.422 e. The normalized spacial score (nSPS) is 11.1. The average Bonchev–Trinajstić information content (AvgIpc) is 2.14. The Bertz CT molecular complexity index is 310. The van der Waals surface area contributed by atoms with Gasteiger partial charge in [0.05, 0.1) is 5.56 Å². The van der Waals surface area contributed by atoms with Gasteiger partial charge in [-0.3, -0.25) is 4.79 Å². The Morgan fingerprint density at radius 2 is 1.93 bits per heavy atom. The fourth-order valence-corrected chi connectivity index (χ4v) is 0.608. The summed E-state index contributed by atoms with van der Waals surface area (Å²) in [5.74, 6) is 0. The van der Waals surface area contributed by atoms with E-state index >= 15 is 0 Å². The molecule has 0 saturated carbocycles. The molecule has 0 spiro atoms. The average molecular weight is 206 g/mol. The van der Waals surface area contributed by atoms with Gasteiger partial charge in [0.2, 0.25) is 0 Å². The van der Waals surface area contributed by atoms with Crippen LogP contribution in [0.5, 0.6) is 6.01 Å². The quantitative estimate of drug-likeness (QED) is 0.698. The molecule has 4 nitrogen and oxygen atoms in total. The zero-order valence-corrected chi connectivity index (χ0v) is 6.78. The summed E-state index contributed by atoms with van der Waals surface area (Å²) in [6, 6.07) is -0.409. The summed E-state index contributed by atoms with van der Waals surface area (Å²) in [5.41, 5.74) is 0.171. The van der Waals surface area contributed by atoms with Crippen LogP contribution in [0.2, 0.25) is 0 Å². The van der Waals surface area contributed by atoms with Crippen LogP contribution >= 0.6 is 0 Å². The molecule has 0 aliphatic heterocycles. The molecule has 0 aliphatic rings. The van der Waals surface area contributed by atoms with Gasteiger partial charge in [0.1, 0.15) is 0 Å². The SMILES string of the molecule is O=Cc1cnc(OCC(F)(F)F)nc1. The number of aromatic nitrogens is 2. The highest BCUT2D eigenvalue weighted by Crippen LogP contribution is 2.15. The van der Waals surface area contributed by atoms with Gasteiger partial charge in [-0.05, 0) is 0 Å². The van der Waals surface area contributed by atoms with Crippen molar-refractivity contribution in [1.29, 1.82) is 0 Å². The molecular formula is C7H5F3N2O2. The lowest BCUT2D eigenvalue weighted by Crippen LogP contribution is -2.20. The lowest BCUT2D eigenvalue weighted by atomic mass is 10.4. The lowest BCUT2D eigenvalue weighted by molar-refractivity contribution is -0.154. The molecule has 0 bridgehead atoms. The molecule has 0 radical (unpaired) electrons. The van der Waals surface area contributed by atoms with Gasteiger partial charge in [-0.1, -0.05) is 0 Å². The topological polar surface area (TPSA) is 52.1 Å². The van der Waals surface area contributed by atoms with Crippen LogP contribution < -0.4 is 4.74 Å². The van der Waals surface area contributed by atoms with Crippen LogP contribution in [0.3, 0.4) is 0 Å². The van der Waals surface area contributed by atoms with Crippen LogP contribution in [0.1, 0.15) is 10.4 Å². The van der Waals surface area contributed by atoms with Crippen molar-refractivity contribution in [3.05, 3.63) is 18.0 Å². The van der Waals surface area contributed by atoms with E-state index < -0.39 is 18.8 Å². The number of hydrogen-bond donors (Lipinski definition) is 0. The molecule has 0 unspecified atom stereocenters. The van der Waals surface area contributed by atoms with Crippen LogP contribution in [-0.4, -0.2) is 29.0 Å². The second kappa shape index (κ2) is 4.03. The Morgan fingerprint density at radius 1 is 1.36 bits per heavy atom. The molecule has 0 saturated heterocycles. The van der Waals surface area contributed by atoms with Crippen molar-refractivity contribution in [2.24, 2.45) is 0 Å². The van der Waals surface area contributed by atoms with Crippen LogP contribution in [0.15, 0.2) is 12.4 Å². The fraction of sp³-hybridized carbons (Fsp3) is 0.286. The van der Waals surface area contributed by atoms with E-state index in [1.54, 1.807) is 0 Å². The van der Waals surface area contributed by atoms with Crippen molar-refractivity contribution >= 4 is 6.29 Å². The van der Waals surface area contributed by atoms with E-state index in [1.165, 1.54) is 0 Å². The maximum absolute atomic E-state index is 11.7. The molecule has 0 fully saturated rings. The third-order valence-electron chi connectivity index (χ3n) is 1.15. The summed E-state index contributed by atoms with van der Waals surface area (Å²) in [6.07, 6.45) is -1.79. The Kier molecular flexibility index (Phi) is 3.00. The van der Waals surface area contributed by atoms with Crippen LogP contribution in [0.25, 0.3) is 0 Å². The molecule has 0 amide bonds. The van der Waals surface area contributed by atoms with E-state index in [4.69, 9.17) is 0 Å². The van der Waals surface area contributed by atoms with E-state index in [-0.39, 0.29) is 5.56 Å². The number of carbonyl (C=O) groups is 1. The zero-order valence-electron chi connectivity index (χ0n) is 6.78. The maximum atomic E-state index is 11.7. The van der Waals surface area contributed by atoms with Gasteiger partial charge in [0, 0.05) is 12.4 Å². The summed E-state index contributed by atoms with van der Waals surface area (Å²) < 4.78 is 39.2. The Morgan fingerprint density at radius 3 is 2.36 bits per heavy atom. The third kappa shape index (κ3) is 3.38. The van der Waals surface area contributed by atoms with Crippen molar-refractivity contribution in [2.75, 3.05) is 6.61 Å². The summed E-state index contributed by atoms with van der Waals surface area (Å²) >= 11 is 0. The van der Waals surface area contributed by atoms with Crippen LogP contribution in [0.4, 0.5) is 13.2 Å². The highest BCUT2D eigenvalue weighted by atomic mass is 19.4. The van der Waals surface area contributed by atoms with E-state index in [1.807, 2.05) is 0 Å². The van der Waals surface area contributed by atoms with E-state index in [9.17, 15) is 18.0 Å². The molecule has 0 aliphatic carbocycles. The molecule has 1 aromatic rings. The van der Waals surface area contributed by atoms with E-state index in [0.717, 1.165) is 12.4 Å². The lowest BCUT2D eigenvalue weighted by Gasteiger charge is -2.06. The zero-order chi connectivity index (χ0) is 10.6. The van der Waals surface area contributed by atoms with Gasteiger partial charge in [-0.25, -0.2) is 9.97 Å². The number of hydrogen-bond acceptors (Lipinski definition) is 4. The predicted molar refractivity (Wildman–Crippen MR) is 39.0 cm³/mol. The van der Waals surface area contributed by atoms with Crippen LogP contribution in [0, 0.1) is 0 Å². The largest absolute Gasteiger partial charge is 0.454 e. The van der Waals surface area contributed by atoms with Crippen molar-refractivity contribution in [3.63, 3.8) is 0 Å². The van der Waals surface area contributed by atoms with Crippen molar-refractivity contribution < 1.29 is 22.7 Å². The molecular weight excluding hydrogens is 201 g/mol. The molecule has 1 aromatic heterocycles. The molecule has 76 valence electrons. The second-order valence-corrected chi connectivity index (χ2v) is 2.32. The van der Waals surface area contributed by atoms with Crippen molar-refractivity contribution in [3.8, 4) is 6.01 Å². The Labute approximate surface area is 76.7 Å². The predicted octanol–water partition coefficient (Wildman–Crippen LogP) is 1.23. The smallest absolute Gasteiger partial charge is 0.422 e. The summed E-state index contributed by atoms with van der Waals surface area (Å²) in [6.45, 7) is -1.45. The Hall–Kier alpha value is -1.66. The number of aldehydes is 1. The number of rotatable bonds is 3. The minimum atomic E-state index is -4.42. The second-order valence-electron chi connectivity index (χ2n) is 2.32. The van der Waals surface area contributed by atoms with Crippen LogP contribution in [-0.2, 0) is 0 Å². The minimum absolute atomic E-state index is 0.171. The summed E-state index contributed by atoms with van der Waals surface area (Å²) in [5, 5.41) is 0. The molecule has 0 aromatic carbocycles. The number of alkyl halides is 3. The van der Waals surface area contributed by atoms with Crippen molar-refractivity contribution in [1.82, 2.24) is 9.97 Å². The highest BCUT2D eigenvalue weighted by molar-refractivity contribution is 5.73. The van der Waals surface area contributed by atoms with Crippen molar-refractivity contribution in [2.45, 2.75) is 6.18 Å². The van der Waals surface area contributed by atoms with Gasteiger partial charge < -0.3 is 4.74 Å². The van der Waals surface area contributed by atoms with E-state index in [0.29, 0.717) is 6.29 Å². The number of nitrogens with zero attached hydrogens (tertiary/aromatic N) is 2. The first-order chi connectivity index (χ1) is 6.51. The number of ether oxygens (including phenoxy) is 1. The number of halogens is 3. The number of carbonyl (C=O) groups excluding carboxylic acids is 1. The highest BCUT2D eigenvalue weighted by Gasteiger charge is 2.28. The van der Waals surface area contributed by atoms with E-state index in [2.05, 4.69) is 14.7 Å². The standard InChI is InChI=1S/C7H5F3N2O2/c8-7(9,10)4-14-6-11-1-5(3-13)2-12-6/h1-3H,4H2. The molecule has 7 heteroatoms. The van der Waals surface area contributed by atoms with Gasteiger partial charge in [-0.2, -0.15) is 13.2 Å². The first kappa shape index (κ1) is 10.4. The first-order valence-corrected chi connectivity index (χ1v) is 3.48. The Balaban J connectivity index is 2.56.